The van der Waals surface area contributed by atoms with Gasteiger partial charge in [0.1, 0.15) is 0 Å². The first-order chi connectivity index (χ1) is 9.72. The second-order valence-electron chi connectivity index (χ2n) is 5.17. The largest absolute Gasteiger partial charge is 0.256 e. The predicted octanol–water partition coefficient (Wildman–Crippen LogP) is 5.03. The van der Waals surface area contributed by atoms with Crippen molar-refractivity contribution in [3.8, 4) is 22.4 Å². The maximum atomic E-state index is 4.49. The third-order valence-electron chi connectivity index (χ3n) is 3.46. The molecular weight excluding hydrogens is 242 g/mol. The molecule has 1 heterocycles. The number of aryl methyl sites for hydroxylation is 2. The zero-order valence-electron chi connectivity index (χ0n) is 11.8. The van der Waals surface area contributed by atoms with Crippen molar-refractivity contribution in [2.45, 2.75) is 13.8 Å². The van der Waals surface area contributed by atoms with Crippen LogP contribution >= 0.6 is 0 Å². The van der Waals surface area contributed by atoms with Crippen LogP contribution in [-0.4, -0.2) is 4.98 Å². The van der Waals surface area contributed by atoms with Crippen molar-refractivity contribution in [2.24, 2.45) is 0 Å². The Morgan fingerprint density at radius 3 is 2.15 bits per heavy atom. The molecule has 0 unspecified atom stereocenters. The van der Waals surface area contributed by atoms with E-state index >= 15 is 0 Å². The minimum Gasteiger partial charge on any atom is -0.256 e. The molecule has 0 spiro atoms. The van der Waals surface area contributed by atoms with E-state index in [1.165, 1.54) is 22.3 Å². The molecule has 1 nitrogen and oxygen atoms in total. The van der Waals surface area contributed by atoms with Crippen molar-refractivity contribution in [1.82, 2.24) is 4.98 Å². The highest BCUT2D eigenvalue weighted by Crippen LogP contribution is 2.25. The molecule has 0 atom stereocenters. The molecule has 0 fully saturated rings. The maximum Gasteiger partial charge on any atom is 0.0708 e. The van der Waals surface area contributed by atoms with Gasteiger partial charge in [-0.2, -0.15) is 0 Å². The molecule has 0 N–H and O–H groups in total. The summed E-state index contributed by atoms with van der Waals surface area (Å²) in [5, 5.41) is 0. The van der Waals surface area contributed by atoms with Gasteiger partial charge in [-0.25, -0.2) is 0 Å². The second-order valence-corrected chi connectivity index (χ2v) is 5.17. The summed E-state index contributed by atoms with van der Waals surface area (Å²) in [4.78, 5) is 4.49. The number of rotatable bonds is 2. The van der Waals surface area contributed by atoms with E-state index < -0.39 is 0 Å². The topological polar surface area (TPSA) is 12.9 Å². The fraction of sp³-hybridized carbons (Fsp3) is 0.105. The van der Waals surface area contributed by atoms with Gasteiger partial charge in [0, 0.05) is 11.8 Å². The molecule has 0 saturated heterocycles. The zero-order chi connectivity index (χ0) is 13.9. The predicted molar refractivity (Wildman–Crippen MR) is 84.6 cm³/mol. The smallest absolute Gasteiger partial charge is 0.0708 e. The summed E-state index contributed by atoms with van der Waals surface area (Å²) in [7, 11) is 0. The van der Waals surface area contributed by atoms with Crippen LogP contribution in [0.25, 0.3) is 22.4 Å². The zero-order valence-corrected chi connectivity index (χ0v) is 11.8. The van der Waals surface area contributed by atoms with E-state index in [0.717, 1.165) is 11.3 Å². The van der Waals surface area contributed by atoms with Crippen LogP contribution in [0.3, 0.4) is 0 Å². The number of hydrogen-bond donors (Lipinski definition) is 0. The van der Waals surface area contributed by atoms with E-state index in [1.807, 2.05) is 6.20 Å². The average Bonchev–Trinajstić information content (AvgIpc) is 2.48. The second kappa shape index (κ2) is 5.30. The van der Waals surface area contributed by atoms with Gasteiger partial charge in [0.15, 0.2) is 0 Å². The Morgan fingerprint density at radius 1 is 0.650 bits per heavy atom. The molecule has 3 rings (SSSR count). The third kappa shape index (κ3) is 2.62. The van der Waals surface area contributed by atoms with E-state index in [4.69, 9.17) is 0 Å². The molecule has 0 amide bonds. The number of pyridine rings is 1. The fourth-order valence-electron chi connectivity index (χ4n) is 2.32. The summed E-state index contributed by atoms with van der Waals surface area (Å²) in [5.74, 6) is 0. The monoisotopic (exact) mass is 259 g/mol. The van der Waals surface area contributed by atoms with E-state index in [1.54, 1.807) is 0 Å². The summed E-state index contributed by atoms with van der Waals surface area (Å²) in [6.45, 7) is 4.21. The van der Waals surface area contributed by atoms with Crippen molar-refractivity contribution in [2.75, 3.05) is 0 Å². The standard InChI is InChI=1S/C19H17N/c1-14-6-8-16(9-7-14)19-13-18(10-11-20-19)17-5-3-4-15(2)12-17/h3-13H,1-2H3. The Bertz CT molecular complexity index is 727. The van der Waals surface area contributed by atoms with Gasteiger partial charge in [-0.3, -0.25) is 4.98 Å². The highest BCUT2D eigenvalue weighted by molar-refractivity contribution is 5.70. The van der Waals surface area contributed by atoms with Gasteiger partial charge in [-0.15, -0.1) is 0 Å². The van der Waals surface area contributed by atoms with Gasteiger partial charge in [-0.1, -0.05) is 59.7 Å². The van der Waals surface area contributed by atoms with Crippen molar-refractivity contribution < 1.29 is 0 Å². The highest BCUT2D eigenvalue weighted by Gasteiger charge is 2.03. The normalized spacial score (nSPS) is 10.5. The Labute approximate surface area is 119 Å². The minimum atomic E-state index is 1.02. The lowest BCUT2D eigenvalue weighted by atomic mass is 10.0. The van der Waals surface area contributed by atoms with Crippen molar-refractivity contribution in [3.05, 3.63) is 78.0 Å². The van der Waals surface area contributed by atoms with Crippen LogP contribution in [0.4, 0.5) is 0 Å². The van der Waals surface area contributed by atoms with Crippen molar-refractivity contribution in [3.63, 3.8) is 0 Å². The van der Waals surface area contributed by atoms with Crippen LogP contribution in [0.1, 0.15) is 11.1 Å². The molecule has 3 aromatic rings. The lowest BCUT2D eigenvalue weighted by Gasteiger charge is -2.06. The van der Waals surface area contributed by atoms with Gasteiger partial charge >= 0.3 is 0 Å². The van der Waals surface area contributed by atoms with Crippen molar-refractivity contribution in [1.29, 1.82) is 0 Å². The quantitative estimate of drug-likeness (QED) is 0.628. The summed E-state index contributed by atoms with van der Waals surface area (Å²) in [6, 6.07) is 21.3. The van der Waals surface area contributed by atoms with E-state index in [9.17, 15) is 0 Å². The molecule has 2 aromatic carbocycles. The molecular formula is C19H17N. The van der Waals surface area contributed by atoms with E-state index in [0.29, 0.717) is 0 Å². The first kappa shape index (κ1) is 12.6. The number of hydrogen-bond acceptors (Lipinski definition) is 1. The van der Waals surface area contributed by atoms with Gasteiger partial charge in [0.05, 0.1) is 5.69 Å². The molecule has 1 heteroatoms. The van der Waals surface area contributed by atoms with Crippen LogP contribution in [0.15, 0.2) is 66.9 Å². The molecule has 20 heavy (non-hydrogen) atoms. The first-order valence-corrected chi connectivity index (χ1v) is 6.82. The van der Waals surface area contributed by atoms with Crippen LogP contribution in [-0.2, 0) is 0 Å². The van der Waals surface area contributed by atoms with Gasteiger partial charge < -0.3 is 0 Å². The Kier molecular flexibility index (Phi) is 3.34. The van der Waals surface area contributed by atoms with Crippen LogP contribution in [0.2, 0.25) is 0 Å². The SMILES string of the molecule is Cc1ccc(-c2cc(-c3cccc(C)c3)ccn2)cc1. The van der Waals surface area contributed by atoms with Gasteiger partial charge in [0.25, 0.3) is 0 Å². The van der Waals surface area contributed by atoms with Gasteiger partial charge in [0.2, 0.25) is 0 Å². The van der Waals surface area contributed by atoms with Crippen molar-refractivity contribution >= 4 is 0 Å². The fourth-order valence-corrected chi connectivity index (χ4v) is 2.32. The molecule has 1 aromatic heterocycles. The number of benzene rings is 2. The summed E-state index contributed by atoms with van der Waals surface area (Å²) >= 11 is 0. The molecule has 0 saturated carbocycles. The summed E-state index contributed by atoms with van der Waals surface area (Å²) < 4.78 is 0. The maximum absolute atomic E-state index is 4.49. The molecule has 0 bridgehead atoms. The molecule has 0 radical (unpaired) electrons. The molecule has 0 aliphatic heterocycles. The minimum absolute atomic E-state index is 1.02. The van der Waals surface area contributed by atoms with Crippen LogP contribution in [0, 0.1) is 13.8 Å². The molecule has 0 aliphatic rings. The summed E-state index contributed by atoms with van der Waals surface area (Å²) in [6.07, 6.45) is 1.88. The Balaban J connectivity index is 2.03. The van der Waals surface area contributed by atoms with Crippen LogP contribution in [0.5, 0.6) is 0 Å². The third-order valence-corrected chi connectivity index (χ3v) is 3.46. The molecule has 98 valence electrons. The van der Waals surface area contributed by atoms with Crippen LogP contribution < -0.4 is 0 Å². The van der Waals surface area contributed by atoms with Gasteiger partial charge in [-0.05, 0) is 37.1 Å². The van der Waals surface area contributed by atoms with E-state index in [2.05, 4.69) is 79.5 Å². The lowest BCUT2D eigenvalue weighted by molar-refractivity contribution is 1.32. The molecule has 0 aliphatic carbocycles. The van der Waals surface area contributed by atoms with E-state index in [-0.39, 0.29) is 0 Å². The number of nitrogens with zero attached hydrogens (tertiary/aromatic N) is 1. The Morgan fingerprint density at radius 2 is 1.40 bits per heavy atom. The number of aromatic nitrogens is 1. The first-order valence-electron chi connectivity index (χ1n) is 6.82. The highest BCUT2D eigenvalue weighted by atomic mass is 14.7. The average molecular weight is 259 g/mol. The summed E-state index contributed by atoms with van der Waals surface area (Å²) in [5.41, 5.74) is 7.16. The lowest BCUT2D eigenvalue weighted by Crippen LogP contribution is -1.86. The Hall–Kier alpha value is -2.41.